The average molecular weight is 622 g/mol. The number of hydrazine groups is 1. The molecule has 0 aromatic heterocycles. The molecule has 10 nitrogen and oxygen atoms in total. The molecule has 2 unspecified atom stereocenters. The summed E-state index contributed by atoms with van der Waals surface area (Å²) >= 11 is 0. The molecule has 11 heteroatoms. The molecule has 236 valence electrons. The zero-order valence-electron chi connectivity index (χ0n) is 25.6. The first-order valence-electron chi connectivity index (χ1n) is 14.9. The molecule has 1 amide bonds. The number of piperidine rings is 1. The standard InChI is InChI=1S/C33H43N5O5S/c1-33(2,3)43-32(39)36-38-19-8-7-11-28(38)21-25-17-15-24(16-18-25)20-27(37-44(40,41)30-13-5-4-6-14-30)23-42-29-12-9-10-26(22-29)31(34)35/h4-6,9-10,12-18,22,27-28,37H,7-8,11,19-21,23H2,1-3H3,(H3,34,35)(H,36,39). The van der Waals surface area contributed by atoms with Gasteiger partial charge in [-0.1, -0.05) is 61.0 Å². The lowest BCUT2D eigenvalue weighted by molar-refractivity contribution is 0.0168. The van der Waals surface area contributed by atoms with E-state index in [1.807, 2.05) is 37.9 Å². The van der Waals surface area contributed by atoms with Gasteiger partial charge in [0.15, 0.2) is 0 Å². The minimum Gasteiger partial charge on any atom is -0.492 e. The fourth-order valence-corrected chi connectivity index (χ4v) is 6.36. The maximum absolute atomic E-state index is 13.2. The SMILES string of the molecule is CC(C)(C)OC(=O)NN1CCCCC1Cc1ccc(CC(COc2cccc(C(=N)N)c2)NS(=O)(=O)c2ccccc2)cc1. The van der Waals surface area contributed by atoms with Crippen LogP contribution in [0.25, 0.3) is 0 Å². The Kier molecular flexibility index (Phi) is 11.0. The second-order valence-corrected chi connectivity index (χ2v) is 13.8. The van der Waals surface area contributed by atoms with Crippen molar-refractivity contribution < 1.29 is 22.7 Å². The Hall–Kier alpha value is -3.93. The molecule has 5 N–H and O–H groups in total. The lowest BCUT2D eigenvalue weighted by atomic mass is 9.96. The van der Waals surface area contributed by atoms with Gasteiger partial charge in [0.05, 0.1) is 10.9 Å². The van der Waals surface area contributed by atoms with Crippen molar-refractivity contribution in [3.8, 4) is 5.75 Å². The summed E-state index contributed by atoms with van der Waals surface area (Å²) in [6.07, 6.45) is 3.77. The summed E-state index contributed by atoms with van der Waals surface area (Å²) in [5.41, 5.74) is 10.6. The summed E-state index contributed by atoms with van der Waals surface area (Å²) in [6, 6.07) is 22.8. The average Bonchev–Trinajstić information content (AvgIpc) is 2.97. The van der Waals surface area contributed by atoms with Gasteiger partial charge >= 0.3 is 6.09 Å². The number of nitrogens with one attached hydrogen (secondary N) is 3. The molecule has 44 heavy (non-hydrogen) atoms. The largest absolute Gasteiger partial charge is 0.492 e. The highest BCUT2D eigenvalue weighted by Gasteiger charge is 2.27. The molecule has 3 aromatic rings. The van der Waals surface area contributed by atoms with Crippen LogP contribution in [0.5, 0.6) is 5.75 Å². The van der Waals surface area contributed by atoms with Crippen LogP contribution < -0.4 is 20.6 Å². The van der Waals surface area contributed by atoms with Gasteiger partial charge in [-0.2, -0.15) is 0 Å². The van der Waals surface area contributed by atoms with E-state index < -0.39 is 27.8 Å². The lowest BCUT2D eigenvalue weighted by Crippen LogP contribution is -2.52. The molecule has 2 atom stereocenters. The summed E-state index contributed by atoms with van der Waals surface area (Å²) in [5.74, 6) is 0.419. The zero-order valence-corrected chi connectivity index (χ0v) is 26.4. The fourth-order valence-electron chi connectivity index (χ4n) is 5.12. The van der Waals surface area contributed by atoms with Crippen molar-refractivity contribution in [2.24, 2.45) is 5.73 Å². The zero-order chi connectivity index (χ0) is 31.7. The maximum Gasteiger partial charge on any atom is 0.422 e. The second-order valence-electron chi connectivity index (χ2n) is 12.1. The first-order chi connectivity index (χ1) is 20.9. The molecular weight excluding hydrogens is 578 g/mol. The molecule has 0 saturated carbocycles. The van der Waals surface area contributed by atoms with Crippen LogP contribution in [0, 0.1) is 5.41 Å². The maximum atomic E-state index is 13.2. The Labute approximate surface area is 260 Å². The Bertz CT molecular complexity index is 1510. The number of hydrogen-bond donors (Lipinski definition) is 4. The predicted octanol–water partition coefficient (Wildman–Crippen LogP) is 4.78. The van der Waals surface area contributed by atoms with E-state index in [4.69, 9.17) is 20.6 Å². The molecule has 1 aliphatic heterocycles. The second kappa shape index (κ2) is 14.7. The van der Waals surface area contributed by atoms with Crippen LogP contribution in [0.15, 0.2) is 83.8 Å². The van der Waals surface area contributed by atoms with E-state index in [1.54, 1.807) is 54.6 Å². The first kappa shape index (κ1) is 33.0. The van der Waals surface area contributed by atoms with Crippen molar-refractivity contribution in [2.75, 3.05) is 13.2 Å². The fraction of sp³-hybridized carbons (Fsp3) is 0.394. The van der Waals surface area contributed by atoms with Crippen molar-refractivity contribution in [3.05, 3.63) is 95.6 Å². The molecule has 0 radical (unpaired) electrons. The molecule has 0 bridgehead atoms. The number of sulfonamides is 1. The van der Waals surface area contributed by atoms with Gasteiger partial charge in [-0.3, -0.25) is 10.8 Å². The van der Waals surface area contributed by atoms with Crippen molar-refractivity contribution in [2.45, 2.75) is 75.5 Å². The van der Waals surface area contributed by atoms with Gasteiger partial charge in [0, 0.05) is 18.2 Å². The molecular formula is C33H43N5O5S. The van der Waals surface area contributed by atoms with Gasteiger partial charge < -0.3 is 15.2 Å². The Morgan fingerprint density at radius 3 is 2.41 bits per heavy atom. The number of benzene rings is 3. The van der Waals surface area contributed by atoms with Gasteiger partial charge in [-0.15, -0.1) is 0 Å². The minimum absolute atomic E-state index is 0.0720. The highest BCUT2D eigenvalue weighted by Crippen LogP contribution is 2.21. The van der Waals surface area contributed by atoms with Gasteiger partial charge in [0.1, 0.15) is 23.8 Å². The number of amidine groups is 1. The van der Waals surface area contributed by atoms with E-state index in [2.05, 4.69) is 22.3 Å². The summed E-state index contributed by atoms with van der Waals surface area (Å²) in [7, 11) is -3.80. The highest BCUT2D eigenvalue weighted by atomic mass is 32.2. The normalized spacial score (nSPS) is 16.6. The number of nitrogen functional groups attached to an aromatic ring is 1. The summed E-state index contributed by atoms with van der Waals surface area (Å²) in [4.78, 5) is 12.6. The van der Waals surface area contributed by atoms with Crippen molar-refractivity contribution in [1.29, 1.82) is 5.41 Å². The van der Waals surface area contributed by atoms with Gasteiger partial charge in [-0.25, -0.2) is 22.9 Å². The number of hydrogen-bond acceptors (Lipinski definition) is 7. The molecule has 1 aliphatic rings. The van der Waals surface area contributed by atoms with E-state index in [0.29, 0.717) is 17.7 Å². The van der Waals surface area contributed by atoms with Crippen LogP contribution in [0.2, 0.25) is 0 Å². The number of ether oxygens (including phenoxy) is 2. The molecule has 0 aliphatic carbocycles. The predicted molar refractivity (Wildman–Crippen MR) is 171 cm³/mol. The van der Waals surface area contributed by atoms with Crippen LogP contribution in [0.1, 0.15) is 56.7 Å². The van der Waals surface area contributed by atoms with E-state index in [9.17, 15) is 13.2 Å². The van der Waals surface area contributed by atoms with Crippen LogP contribution in [-0.2, 0) is 27.6 Å². The van der Waals surface area contributed by atoms with Crippen LogP contribution in [0.3, 0.4) is 0 Å². The number of rotatable bonds is 12. The number of carbonyl (C=O) groups excluding carboxylic acids is 1. The number of carbonyl (C=O) groups is 1. The van der Waals surface area contributed by atoms with Crippen LogP contribution in [0.4, 0.5) is 4.79 Å². The Balaban J connectivity index is 1.44. The van der Waals surface area contributed by atoms with E-state index in [0.717, 1.165) is 43.4 Å². The number of nitrogens with two attached hydrogens (primary N) is 1. The summed E-state index contributed by atoms with van der Waals surface area (Å²) in [5, 5.41) is 9.67. The van der Waals surface area contributed by atoms with E-state index >= 15 is 0 Å². The molecule has 0 spiro atoms. The van der Waals surface area contributed by atoms with Crippen molar-refractivity contribution in [1.82, 2.24) is 15.2 Å². The summed E-state index contributed by atoms with van der Waals surface area (Å²) < 4.78 is 40.6. The quantitative estimate of drug-likeness (QED) is 0.168. The van der Waals surface area contributed by atoms with E-state index in [-0.39, 0.29) is 23.4 Å². The molecule has 3 aromatic carbocycles. The first-order valence-corrected chi connectivity index (χ1v) is 16.3. The molecule has 1 heterocycles. The smallest absolute Gasteiger partial charge is 0.422 e. The molecule has 1 saturated heterocycles. The highest BCUT2D eigenvalue weighted by molar-refractivity contribution is 7.89. The van der Waals surface area contributed by atoms with Crippen molar-refractivity contribution >= 4 is 22.0 Å². The third-order valence-corrected chi connectivity index (χ3v) is 8.75. The van der Waals surface area contributed by atoms with Gasteiger partial charge in [0.2, 0.25) is 10.0 Å². The Morgan fingerprint density at radius 2 is 1.73 bits per heavy atom. The topological polar surface area (TPSA) is 147 Å². The van der Waals surface area contributed by atoms with Crippen molar-refractivity contribution in [3.63, 3.8) is 0 Å². The van der Waals surface area contributed by atoms with Gasteiger partial charge in [-0.05, 0) is 81.8 Å². The Morgan fingerprint density at radius 1 is 1.02 bits per heavy atom. The lowest BCUT2D eigenvalue weighted by Gasteiger charge is -2.36. The molecule has 4 rings (SSSR count). The summed E-state index contributed by atoms with van der Waals surface area (Å²) in [6.45, 7) is 6.37. The minimum atomic E-state index is -3.80. The monoisotopic (exact) mass is 621 g/mol. The van der Waals surface area contributed by atoms with Gasteiger partial charge in [0.25, 0.3) is 0 Å². The third-order valence-electron chi connectivity index (χ3n) is 7.21. The molecule has 1 fully saturated rings. The van der Waals surface area contributed by atoms with Crippen LogP contribution >= 0.6 is 0 Å². The third kappa shape index (κ3) is 10.1. The van der Waals surface area contributed by atoms with Crippen LogP contribution in [-0.4, -0.2) is 56.2 Å². The number of nitrogens with zero attached hydrogens (tertiary/aromatic N) is 1. The number of amides is 1. The van der Waals surface area contributed by atoms with E-state index in [1.165, 1.54) is 0 Å².